The quantitative estimate of drug-likeness (QED) is 0.747. The van der Waals surface area contributed by atoms with Crippen LogP contribution in [0.3, 0.4) is 0 Å². The van der Waals surface area contributed by atoms with Crippen molar-refractivity contribution in [2.24, 2.45) is 0 Å². The SMILES string of the molecule is Cc1cc([C@H]2NC[C@@H](C(=O)O)S2)c(C)n1-c1cccc2ccccc12. The molecule has 4 nitrogen and oxygen atoms in total. The van der Waals surface area contributed by atoms with Gasteiger partial charge in [-0.05, 0) is 31.4 Å². The molecule has 4 rings (SSSR count). The second-order valence-electron chi connectivity index (χ2n) is 6.41. The third kappa shape index (κ3) is 2.73. The first-order chi connectivity index (χ1) is 12.1. The van der Waals surface area contributed by atoms with E-state index in [-0.39, 0.29) is 10.6 Å². The van der Waals surface area contributed by atoms with Gasteiger partial charge in [-0.1, -0.05) is 36.4 Å². The minimum absolute atomic E-state index is 0.0241. The molecule has 0 amide bonds. The molecule has 0 unspecified atom stereocenters. The predicted octanol–water partition coefficient (Wildman–Crippen LogP) is 4.04. The Morgan fingerprint density at radius 2 is 1.96 bits per heavy atom. The van der Waals surface area contributed by atoms with Gasteiger partial charge in [0.15, 0.2) is 0 Å². The van der Waals surface area contributed by atoms with Crippen molar-refractivity contribution in [1.82, 2.24) is 9.88 Å². The van der Waals surface area contributed by atoms with Crippen molar-refractivity contribution in [3.63, 3.8) is 0 Å². The van der Waals surface area contributed by atoms with Crippen LogP contribution in [-0.2, 0) is 4.79 Å². The molecule has 1 aromatic heterocycles. The number of carboxylic acids is 1. The predicted molar refractivity (Wildman–Crippen MR) is 103 cm³/mol. The number of fused-ring (bicyclic) bond motifs is 1. The Bertz CT molecular complexity index is 958. The van der Waals surface area contributed by atoms with Crippen molar-refractivity contribution in [3.05, 3.63) is 65.5 Å². The summed E-state index contributed by atoms with van der Waals surface area (Å²) in [4.78, 5) is 11.2. The van der Waals surface area contributed by atoms with Gasteiger partial charge in [-0.25, -0.2) is 0 Å². The summed E-state index contributed by atoms with van der Waals surface area (Å²) in [6.45, 7) is 4.72. The fraction of sp³-hybridized carbons (Fsp3) is 0.250. The van der Waals surface area contributed by atoms with E-state index in [1.807, 2.05) is 0 Å². The van der Waals surface area contributed by atoms with E-state index in [0.29, 0.717) is 6.54 Å². The molecule has 0 saturated carbocycles. The van der Waals surface area contributed by atoms with Crippen LogP contribution in [0.4, 0.5) is 0 Å². The van der Waals surface area contributed by atoms with Crippen LogP contribution in [-0.4, -0.2) is 27.4 Å². The molecule has 0 radical (unpaired) electrons. The molecule has 1 fully saturated rings. The van der Waals surface area contributed by atoms with E-state index in [1.165, 1.54) is 28.1 Å². The van der Waals surface area contributed by atoms with Crippen LogP contribution in [0.1, 0.15) is 22.3 Å². The smallest absolute Gasteiger partial charge is 0.318 e. The van der Waals surface area contributed by atoms with Crippen molar-refractivity contribution < 1.29 is 9.90 Å². The van der Waals surface area contributed by atoms with Crippen molar-refractivity contribution in [3.8, 4) is 5.69 Å². The van der Waals surface area contributed by atoms with E-state index in [1.54, 1.807) is 0 Å². The van der Waals surface area contributed by atoms with Crippen LogP contribution in [0.5, 0.6) is 0 Å². The van der Waals surface area contributed by atoms with Crippen molar-refractivity contribution in [1.29, 1.82) is 0 Å². The lowest BCUT2D eigenvalue weighted by atomic mass is 10.1. The van der Waals surface area contributed by atoms with Gasteiger partial charge >= 0.3 is 5.97 Å². The van der Waals surface area contributed by atoms with Crippen molar-refractivity contribution >= 4 is 28.5 Å². The Kier molecular flexibility index (Phi) is 4.06. The van der Waals surface area contributed by atoms with Crippen LogP contribution in [0.15, 0.2) is 48.5 Å². The Morgan fingerprint density at radius 1 is 1.20 bits per heavy atom. The normalized spacial score (nSPS) is 20.2. The highest BCUT2D eigenvalue weighted by atomic mass is 32.2. The van der Waals surface area contributed by atoms with Gasteiger partial charge in [-0.15, -0.1) is 11.8 Å². The summed E-state index contributed by atoms with van der Waals surface area (Å²) < 4.78 is 2.27. The standard InChI is InChI=1S/C20H20N2O2S/c1-12-10-16(19-21-11-18(25-19)20(23)24)13(2)22(12)17-9-5-7-14-6-3-4-8-15(14)17/h3-10,18-19,21H,11H2,1-2H3,(H,23,24)/t18-,19-/m0/s1. The van der Waals surface area contributed by atoms with Gasteiger partial charge < -0.3 is 9.67 Å². The first-order valence-electron chi connectivity index (χ1n) is 8.35. The number of carboxylic acid groups (broad SMARTS) is 1. The first-order valence-corrected chi connectivity index (χ1v) is 9.29. The Hall–Kier alpha value is -2.24. The van der Waals surface area contributed by atoms with Gasteiger partial charge in [-0.3, -0.25) is 10.1 Å². The Labute approximate surface area is 150 Å². The molecule has 2 atom stereocenters. The first kappa shape index (κ1) is 16.2. The molecule has 25 heavy (non-hydrogen) atoms. The zero-order chi connectivity index (χ0) is 17.6. The highest BCUT2D eigenvalue weighted by Gasteiger charge is 2.32. The fourth-order valence-corrected chi connectivity index (χ4v) is 4.85. The van der Waals surface area contributed by atoms with Crippen LogP contribution < -0.4 is 5.32 Å². The summed E-state index contributed by atoms with van der Waals surface area (Å²) in [5, 5.41) is 14.7. The molecule has 0 spiro atoms. The van der Waals surface area contributed by atoms with E-state index in [9.17, 15) is 9.90 Å². The minimum atomic E-state index is -0.747. The number of aliphatic carboxylic acids is 1. The summed E-state index contributed by atoms with van der Waals surface area (Å²) in [6, 6.07) is 16.9. The van der Waals surface area contributed by atoms with Gasteiger partial charge in [0.1, 0.15) is 5.25 Å². The average molecular weight is 352 g/mol. The lowest BCUT2D eigenvalue weighted by molar-refractivity contribution is -0.136. The summed E-state index contributed by atoms with van der Waals surface area (Å²) in [5.74, 6) is -0.747. The number of carbonyl (C=O) groups is 1. The lowest BCUT2D eigenvalue weighted by Crippen LogP contribution is -2.21. The highest BCUT2D eigenvalue weighted by molar-refractivity contribution is 8.01. The lowest BCUT2D eigenvalue weighted by Gasteiger charge is -2.15. The van der Waals surface area contributed by atoms with Crippen LogP contribution >= 0.6 is 11.8 Å². The molecular formula is C20H20N2O2S. The molecular weight excluding hydrogens is 332 g/mol. The maximum absolute atomic E-state index is 11.2. The zero-order valence-corrected chi connectivity index (χ0v) is 15.0. The fourth-order valence-electron chi connectivity index (χ4n) is 3.63. The number of nitrogens with one attached hydrogen (secondary N) is 1. The molecule has 5 heteroatoms. The number of aryl methyl sites for hydroxylation is 1. The van der Waals surface area contributed by atoms with Gasteiger partial charge in [0.2, 0.25) is 0 Å². The topological polar surface area (TPSA) is 54.3 Å². The monoisotopic (exact) mass is 352 g/mol. The summed E-state index contributed by atoms with van der Waals surface area (Å²) >= 11 is 1.48. The van der Waals surface area contributed by atoms with Gasteiger partial charge in [0, 0.05) is 28.9 Å². The number of hydrogen-bond donors (Lipinski definition) is 2. The van der Waals surface area contributed by atoms with Gasteiger partial charge in [0.05, 0.1) is 11.1 Å². The number of benzene rings is 2. The second-order valence-corrected chi connectivity index (χ2v) is 7.72. The van der Waals surface area contributed by atoms with E-state index < -0.39 is 5.97 Å². The molecule has 3 aromatic rings. The highest BCUT2D eigenvalue weighted by Crippen LogP contribution is 2.39. The summed E-state index contributed by atoms with van der Waals surface area (Å²) in [6.07, 6.45) is 0. The van der Waals surface area contributed by atoms with E-state index in [0.717, 1.165) is 17.1 Å². The third-order valence-electron chi connectivity index (χ3n) is 4.82. The van der Waals surface area contributed by atoms with E-state index >= 15 is 0 Å². The van der Waals surface area contributed by atoms with Gasteiger partial charge in [0.25, 0.3) is 0 Å². The van der Waals surface area contributed by atoms with Gasteiger partial charge in [-0.2, -0.15) is 0 Å². The number of rotatable bonds is 3. The molecule has 2 N–H and O–H groups in total. The second kappa shape index (κ2) is 6.24. The van der Waals surface area contributed by atoms with E-state index in [2.05, 4.69) is 72.3 Å². The molecule has 1 aliphatic rings. The van der Waals surface area contributed by atoms with Crippen molar-refractivity contribution in [2.45, 2.75) is 24.5 Å². The van der Waals surface area contributed by atoms with Crippen LogP contribution in [0.2, 0.25) is 0 Å². The number of aromatic nitrogens is 1. The minimum Gasteiger partial charge on any atom is -0.480 e. The third-order valence-corrected chi connectivity index (χ3v) is 6.21. The Morgan fingerprint density at radius 3 is 2.72 bits per heavy atom. The number of nitrogens with zero attached hydrogens (tertiary/aromatic N) is 1. The van der Waals surface area contributed by atoms with Crippen LogP contribution in [0, 0.1) is 13.8 Å². The summed E-state index contributed by atoms with van der Waals surface area (Å²) in [7, 11) is 0. The molecule has 2 heterocycles. The maximum Gasteiger partial charge on any atom is 0.318 e. The van der Waals surface area contributed by atoms with Crippen molar-refractivity contribution in [2.75, 3.05) is 6.54 Å². The van der Waals surface area contributed by atoms with Crippen LogP contribution in [0.25, 0.3) is 16.5 Å². The Balaban J connectivity index is 1.80. The largest absolute Gasteiger partial charge is 0.480 e. The average Bonchev–Trinajstić information content (AvgIpc) is 3.20. The molecule has 128 valence electrons. The number of thioether (sulfide) groups is 1. The molecule has 0 aliphatic carbocycles. The van der Waals surface area contributed by atoms with E-state index in [4.69, 9.17) is 0 Å². The molecule has 1 aliphatic heterocycles. The number of hydrogen-bond acceptors (Lipinski definition) is 3. The molecule has 0 bridgehead atoms. The maximum atomic E-state index is 11.2. The molecule has 1 saturated heterocycles. The zero-order valence-electron chi connectivity index (χ0n) is 14.2. The molecule has 2 aromatic carbocycles. The summed E-state index contributed by atoms with van der Waals surface area (Å²) in [5.41, 5.74) is 4.64.